The van der Waals surface area contributed by atoms with Crippen molar-refractivity contribution in [1.29, 1.82) is 0 Å². The first-order valence-corrected chi connectivity index (χ1v) is 9.46. The van der Waals surface area contributed by atoms with Gasteiger partial charge in [0.1, 0.15) is 0 Å². The lowest BCUT2D eigenvalue weighted by atomic mass is 9.90. The van der Waals surface area contributed by atoms with Gasteiger partial charge in [-0.2, -0.15) is 16.9 Å². The molecule has 2 aliphatic rings. The summed E-state index contributed by atoms with van der Waals surface area (Å²) in [4.78, 5) is 12.4. The predicted molar refractivity (Wildman–Crippen MR) is 93.1 cm³/mol. The molecule has 1 aromatic rings. The molecule has 3 heterocycles. The normalized spacial score (nSPS) is 27.6. The minimum absolute atomic E-state index is 0.0156. The molecular weight excluding hydrogens is 312 g/mol. The Morgan fingerprint density at radius 3 is 3.09 bits per heavy atom. The Balaban J connectivity index is 1.59. The number of carbonyl (C=O) groups excluding carboxylic acids is 1. The maximum atomic E-state index is 12.4. The van der Waals surface area contributed by atoms with E-state index in [0.717, 1.165) is 48.8 Å². The van der Waals surface area contributed by atoms with Crippen LogP contribution in [-0.2, 0) is 11.8 Å². The molecule has 2 aliphatic heterocycles. The van der Waals surface area contributed by atoms with Crippen LogP contribution in [0.25, 0.3) is 0 Å². The van der Waals surface area contributed by atoms with E-state index in [9.17, 15) is 4.79 Å². The van der Waals surface area contributed by atoms with E-state index in [0.29, 0.717) is 0 Å². The Labute approximate surface area is 141 Å². The number of aromatic nitrogens is 2. The molecule has 2 unspecified atom stereocenters. The number of hydrogen-bond acceptors (Lipinski definition) is 4. The van der Waals surface area contributed by atoms with Crippen molar-refractivity contribution in [2.45, 2.75) is 50.7 Å². The summed E-state index contributed by atoms with van der Waals surface area (Å²) in [7, 11) is 1.87. The average molecular weight is 338 g/mol. The zero-order valence-electron chi connectivity index (χ0n) is 14.1. The van der Waals surface area contributed by atoms with E-state index in [2.05, 4.69) is 29.6 Å². The molecule has 0 bridgehead atoms. The number of urea groups is 1. The van der Waals surface area contributed by atoms with Crippen molar-refractivity contribution in [1.82, 2.24) is 15.1 Å². The molecule has 128 valence electrons. The fourth-order valence-electron chi connectivity index (χ4n) is 3.39. The molecule has 0 saturated carbocycles. The second-order valence-corrected chi connectivity index (χ2v) is 7.98. The van der Waals surface area contributed by atoms with Crippen LogP contribution in [0.2, 0.25) is 0 Å². The van der Waals surface area contributed by atoms with Crippen molar-refractivity contribution in [3.8, 4) is 0 Å². The maximum Gasteiger partial charge on any atom is 0.319 e. The minimum Gasteiger partial charge on any atom is -0.374 e. The summed E-state index contributed by atoms with van der Waals surface area (Å²) in [5.74, 6) is 2.48. The van der Waals surface area contributed by atoms with Crippen molar-refractivity contribution in [3.05, 3.63) is 11.9 Å². The second kappa shape index (κ2) is 6.73. The quantitative estimate of drug-likeness (QED) is 0.889. The summed E-state index contributed by atoms with van der Waals surface area (Å²) >= 11 is 1.95. The Morgan fingerprint density at radius 1 is 1.57 bits per heavy atom. The minimum atomic E-state index is -0.146. The Hall–Kier alpha value is -1.21. The lowest BCUT2D eigenvalue weighted by Crippen LogP contribution is -2.49. The number of rotatable bonds is 3. The lowest BCUT2D eigenvalue weighted by Gasteiger charge is -2.37. The molecule has 1 aromatic heterocycles. The summed E-state index contributed by atoms with van der Waals surface area (Å²) in [6, 6.07) is 0.0363. The standard InChI is InChI=1S/C16H26N4O2S/c1-11(2)14-13(9-20(3)19-14)18-15(21)17-12-4-6-22-16(8-12)5-7-23-10-16/h9,11-12H,4-8,10H2,1-3H3,(H2,17,18,21). The number of ether oxygens (including phenoxy) is 1. The largest absolute Gasteiger partial charge is 0.374 e. The smallest absolute Gasteiger partial charge is 0.319 e. The molecule has 2 saturated heterocycles. The highest BCUT2D eigenvalue weighted by atomic mass is 32.2. The van der Waals surface area contributed by atoms with Crippen LogP contribution in [0.15, 0.2) is 6.20 Å². The van der Waals surface area contributed by atoms with Gasteiger partial charge in [0.2, 0.25) is 0 Å². The van der Waals surface area contributed by atoms with Crippen LogP contribution in [0.4, 0.5) is 10.5 Å². The number of aryl methyl sites for hydroxylation is 1. The monoisotopic (exact) mass is 338 g/mol. The number of amides is 2. The third-order valence-corrected chi connectivity index (χ3v) is 5.77. The number of nitrogens with zero attached hydrogens (tertiary/aromatic N) is 2. The Kier molecular flexibility index (Phi) is 4.87. The molecule has 0 aliphatic carbocycles. The molecule has 7 heteroatoms. The number of nitrogens with one attached hydrogen (secondary N) is 2. The number of carbonyl (C=O) groups is 1. The number of anilines is 1. The van der Waals surface area contributed by atoms with E-state index in [1.807, 2.05) is 25.0 Å². The lowest BCUT2D eigenvalue weighted by molar-refractivity contribution is -0.0682. The molecule has 2 fully saturated rings. The highest BCUT2D eigenvalue weighted by Gasteiger charge is 2.40. The van der Waals surface area contributed by atoms with Gasteiger partial charge in [0.05, 0.1) is 17.0 Å². The van der Waals surface area contributed by atoms with Crippen LogP contribution < -0.4 is 10.6 Å². The van der Waals surface area contributed by atoms with Crippen LogP contribution in [-0.4, -0.2) is 45.6 Å². The molecule has 1 spiro atoms. The zero-order chi connectivity index (χ0) is 16.4. The van der Waals surface area contributed by atoms with E-state index in [4.69, 9.17) is 4.74 Å². The molecule has 0 radical (unpaired) electrons. The Morgan fingerprint density at radius 2 is 2.39 bits per heavy atom. The van der Waals surface area contributed by atoms with Crippen LogP contribution in [0.3, 0.4) is 0 Å². The van der Waals surface area contributed by atoms with E-state index in [-0.39, 0.29) is 23.6 Å². The summed E-state index contributed by atoms with van der Waals surface area (Å²) in [5.41, 5.74) is 1.69. The van der Waals surface area contributed by atoms with Gasteiger partial charge in [-0.25, -0.2) is 4.79 Å². The van der Waals surface area contributed by atoms with Gasteiger partial charge in [0.25, 0.3) is 0 Å². The Bertz CT molecular complexity index is 566. The van der Waals surface area contributed by atoms with Crippen molar-refractivity contribution in [2.24, 2.45) is 7.05 Å². The van der Waals surface area contributed by atoms with Gasteiger partial charge in [-0.05, 0) is 30.9 Å². The molecule has 3 rings (SSSR count). The molecule has 23 heavy (non-hydrogen) atoms. The predicted octanol–water partition coefficient (Wildman–Crippen LogP) is 2.72. The third-order valence-electron chi connectivity index (χ3n) is 4.55. The highest BCUT2D eigenvalue weighted by Crippen LogP contribution is 2.38. The molecule has 2 atom stereocenters. The summed E-state index contributed by atoms with van der Waals surface area (Å²) in [5, 5.41) is 10.5. The second-order valence-electron chi connectivity index (χ2n) is 6.88. The van der Waals surface area contributed by atoms with Gasteiger partial charge in [-0.3, -0.25) is 4.68 Å². The molecule has 6 nitrogen and oxygen atoms in total. The fourth-order valence-corrected chi connectivity index (χ4v) is 4.76. The van der Waals surface area contributed by atoms with E-state index >= 15 is 0 Å². The first-order chi connectivity index (χ1) is 11.0. The van der Waals surface area contributed by atoms with Crippen molar-refractivity contribution in [3.63, 3.8) is 0 Å². The van der Waals surface area contributed by atoms with Crippen LogP contribution in [0.1, 0.15) is 44.7 Å². The van der Waals surface area contributed by atoms with Gasteiger partial charge in [-0.15, -0.1) is 0 Å². The summed E-state index contributed by atoms with van der Waals surface area (Å²) in [6.45, 7) is 4.88. The summed E-state index contributed by atoms with van der Waals surface area (Å²) < 4.78 is 7.74. The van der Waals surface area contributed by atoms with E-state index in [1.165, 1.54) is 0 Å². The van der Waals surface area contributed by atoms with E-state index < -0.39 is 0 Å². The van der Waals surface area contributed by atoms with Crippen molar-refractivity contribution < 1.29 is 9.53 Å². The van der Waals surface area contributed by atoms with Gasteiger partial charge in [0, 0.05) is 31.6 Å². The van der Waals surface area contributed by atoms with Gasteiger partial charge >= 0.3 is 6.03 Å². The fraction of sp³-hybridized carbons (Fsp3) is 0.750. The third kappa shape index (κ3) is 3.83. The maximum absolute atomic E-state index is 12.4. The first-order valence-electron chi connectivity index (χ1n) is 8.30. The van der Waals surface area contributed by atoms with Gasteiger partial charge < -0.3 is 15.4 Å². The molecular formula is C16H26N4O2S. The molecule has 2 N–H and O–H groups in total. The first kappa shape index (κ1) is 16.6. The highest BCUT2D eigenvalue weighted by molar-refractivity contribution is 7.99. The molecule has 0 aromatic carbocycles. The molecule has 2 amide bonds. The van der Waals surface area contributed by atoms with E-state index in [1.54, 1.807) is 4.68 Å². The van der Waals surface area contributed by atoms with Gasteiger partial charge in [-0.1, -0.05) is 13.8 Å². The summed E-state index contributed by atoms with van der Waals surface area (Å²) in [6.07, 6.45) is 4.74. The zero-order valence-corrected chi connectivity index (χ0v) is 14.9. The average Bonchev–Trinajstić information content (AvgIpc) is 3.06. The number of thioether (sulfide) groups is 1. The van der Waals surface area contributed by atoms with Gasteiger partial charge in [0.15, 0.2) is 0 Å². The SMILES string of the molecule is CC(C)c1nn(C)cc1NC(=O)NC1CCOC2(CCSC2)C1. The van der Waals surface area contributed by atoms with Crippen LogP contribution in [0, 0.1) is 0 Å². The number of hydrogen-bond donors (Lipinski definition) is 2. The van der Waals surface area contributed by atoms with Crippen molar-refractivity contribution in [2.75, 3.05) is 23.4 Å². The van der Waals surface area contributed by atoms with Crippen LogP contribution >= 0.6 is 11.8 Å². The van der Waals surface area contributed by atoms with Crippen molar-refractivity contribution >= 4 is 23.5 Å². The topological polar surface area (TPSA) is 68.2 Å². The van der Waals surface area contributed by atoms with Crippen LogP contribution in [0.5, 0.6) is 0 Å².